The van der Waals surface area contributed by atoms with E-state index < -0.39 is 5.97 Å². The molecule has 3 aromatic rings. The van der Waals surface area contributed by atoms with Gasteiger partial charge in [0.25, 0.3) is 0 Å². The van der Waals surface area contributed by atoms with Gasteiger partial charge in [0.15, 0.2) is 0 Å². The highest BCUT2D eigenvalue weighted by molar-refractivity contribution is 7.13. The Kier molecular flexibility index (Phi) is 6.99. The molecule has 2 aliphatic rings. The molecule has 0 spiro atoms. The first-order valence-corrected chi connectivity index (χ1v) is 12.9. The van der Waals surface area contributed by atoms with Gasteiger partial charge in [-0.3, -0.25) is 14.5 Å². The van der Waals surface area contributed by atoms with Crippen LogP contribution in [0.3, 0.4) is 0 Å². The molecule has 2 fully saturated rings. The molecule has 0 bridgehead atoms. The number of carboxylic acids is 1. The first kappa shape index (κ1) is 24.4. The van der Waals surface area contributed by atoms with Crippen LogP contribution in [0.4, 0.5) is 0 Å². The van der Waals surface area contributed by atoms with Crippen LogP contribution in [0.1, 0.15) is 15.9 Å². The number of hydrogen-bond acceptors (Lipinski definition) is 7. The Labute approximate surface area is 213 Å². The highest BCUT2D eigenvalue weighted by Crippen LogP contribution is 2.33. The molecule has 0 radical (unpaired) electrons. The van der Waals surface area contributed by atoms with Crippen molar-refractivity contribution < 1.29 is 19.5 Å². The van der Waals surface area contributed by atoms with Crippen LogP contribution in [0.5, 0.6) is 0 Å². The molecular formula is C26H29N5O4S. The number of pyridine rings is 1. The number of piperazine rings is 2. The molecule has 0 saturated carbocycles. The number of hydrogen-bond donors (Lipinski definition) is 1. The number of para-hydroxylation sites is 1. The standard InChI is InChI=1S/C26H29N5O4S/c1-28-8-11-30(12-9-28)23(33)17-31-13-10-29(16-22(31)32)15-19-24(26(34)35)18-5-2-3-6-20(18)27-25(19)21-7-4-14-36-21/h2-7,14H,8-13,15-17H2,1H3,(H,34,35). The molecule has 2 amide bonds. The fourth-order valence-electron chi connectivity index (χ4n) is 4.87. The summed E-state index contributed by atoms with van der Waals surface area (Å²) in [5, 5.41) is 12.7. The SMILES string of the molecule is CN1CCN(C(=O)CN2CCN(Cc3c(-c4cccs4)nc4ccccc4c3C(=O)O)CC2=O)CC1. The molecule has 0 atom stereocenters. The predicted octanol–water partition coefficient (Wildman–Crippen LogP) is 2.08. The van der Waals surface area contributed by atoms with Crippen LogP contribution in [0.25, 0.3) is 21.5 Å². The van der Waals surface area contributed by atoms with Gasteiger partial charge in [-0.2, -0.15) is 0 Å². The maximum Gasteiger partial charge on any atom is 0.336 e. The lowest BCUT2D eigenvalue weighted by Gasteiger charge is -2.37. The van der Waals surface area contributed by atoms with Crippen LogP contribution in [-0.2, 0) is 16.1 Å². The second-order valence-corrected chi connectivity index (χ2v) is 10.3. The van der Waals surface area contributed by atoms with Gasteiger partial charge in [-0.25, -0.2) is 9.78 Å². The fourth-order valence-corrected chi connectivity index (χ4v) is 5.61. The fraction of sp³-hybridized carbons (Fsp3) is 0.385. The summed E-state index contributed by atoms with van der Waals surface area (Å²) in [4.78, 5) is 51.5. The van der Waals surface area contributed by atoms with E-state index in [0.29, 0.717) is 54.9 Å². The molecular weight excluding hydrogens is 478 g/mol. The molecule has 188 valence electrons. The van der Waals surface area contributed by atoms with E-state index in [-0.39, 0.29) is 30.5 Å². The Hall–Kier alpha value is -3.34. The minimum atomic E-state index is -1.01. The summed E-state index contributed by atoms with van der Waals surface area (Å²) in [5.74, 6) is -1.15. The monoisotopic (exact) mass is 507 g/mol. The third-order valence-corrected chi connectivity index (χ3v) is 7.80. The van der Waals surface area contributed by atoms with Crippen molar-refractivity contribution >= 4 is 40.0 Å². The molecule has 10 heteroatoms. The van der Waals surface area contributed by atoms with Crippen molar-refractivity contribution in [1.29, 1.82) is 0 Å². The number of thiophene rings is 1. The van der Waals surface area contributed by atoms with Gasteiger partial charge in [-0.05, 0) is 24.6 Å². The van der Waals surface area contributed by atoms with Crippen molar-refractivity contribution in [2.24, 2.45) is 0 Å². The van der Waals surface area contributed by atoms with Gasteiger partial charge >= 0.3 is 5.97 Å². The lowest BCUT2D eigenvalue weighted by molar-refractivity contribution is -0.144. The van der Waals surface area contributed by atoms with Gasteiger partial charge in [-0.1, -0.05) is 24.3 Å². The zero-order chi connectivity index (χ0) is 25.2. The first-order valence-electron chi connectivity index (χ1n) is 12.1. The van der Waals surface area contributed by atoms with E-state index in [1.165, 1.54) is 11.3 Å². The predicted molar refractivity (Wildman–Crippen MR) is 138 cm³/mol. The number of likely N-dealkylation sites (N-methyl/N-ethyl adjacent to an activating group) is 1. The highest BCUT2D eigenvalue weighted by atomic mass is 32.1. The van der Waals surface area contributed by atoms with E-state index in [1.54, 1.807) is 11.0 Å². The normalized spacial score (nSPS) is 17.6. The van der Waals surface area contributed by atoms with Gasteiger partial charge in [0.2, 0.25) is 11.8 Å². The summed E-state index contributed by atoms with van der Waals surface area (Å²) in [6, 6.07) is 11.1. The van der Waals surface area contributed by atoms with Crippen molar-refractivity contribution in [2.45, 2.75) is 6.54 Å². The number of aromatic carboxylic acids is 1. The van der Waals surface area contributed by atoms with E-state index in [2.05, 4.69) is 4.90 Å². The van der Waals surface area contributed by atoms with Crippen molar-refractivity contribution in [3.05, 3.63) is 52.9 Å². The summed E-state index contributed by atoms with van der Waals surface area (Å²) >= 11 is 1.51. The van der Waals surface area contributed by atoms with E-state index in [4.69, 9.17) is 4.98 Å². The zero-order valence-electron chi connectivity index (χ0n) is 20.2. The number of benzene rings is 1. The zero-order valence-corrected chi connectivity index (χ0v) is 21.0. The summed E-state index contributed by atoms with van der Waals surface area (Å²) in [7, 11) is 2.04. The maximum atomic E-state index is 13.0. The van der Waals surface area contributed by atoms with E-state index >= 15 is 0 Å². The van der Waals surface area contributed by atoms with Crippen LogP contribution < -0.4 is 0 Å². The third kappa shape index (κ3) is 4.97. The summed E-state index contributed by atoms with van der Waals surface area (Å²) < 4.78 is 0. The number of fused-ring (bicyclic) bond motifs is 1. The van der Waals surface area contributed by atoms with Crippen LogP contribution >= 0.6 is 11.3 Å². The Morgan fingerprint density at radius 1 is 1.03 bits per heavy atom. The quantitative estimate of drug-likeness (QED) is 0.546. The second kappa shape index (κ2) is 10.3. The van der Waals surface area contributed by atoms with Gasteiger partial charge in [0, 0.05) is 56.8 Å². The van der Waals surface area contributed by atoms with Crippen molar-refractivity contribution in [1.82, 2.24) is 24.6 Å². The molecule has 2 saturated heterocycles. The number of amides is 2. The largest absolute Gasteiger partial charge is 0.478 e. The van der Waals surface area contributed by atoms with E-state index in [0.717, 1.165) is 18.0 Å². The van der Waals surface area contributed by atoms with Crippen molar-refractivity contribution in [3.8, 4) is 10.6 Å². The average molecular weight is 508 g/mol. The van der Waals surface area contributed by atoms with Gasteiger partial charge in [-0.15, -0.1) is 11.3 Å². The maximum absolute atomic E-state index is 13.0. The highest BCUT2D eigenvalue weighted by Gasteiger charge is 2.30. The van der Waals surface area contributed by atoms with Crippen molar-refractivity contribution in [2.75, 3.05) is 59.4 Å². The number of carbonyl (C=O) groups is 3. The summed E-state index contributed by atoms with van der Waals surface area (Å²) in [6.07, 6.45) is 0. The molecule has 9 nitrogen and oxygen atoms in total. The smallest absolute Gasteiger partial charge is 0.336 e. The number of carboxylic acid groups (broad SMARTS) is 1. The number of carbonyl (C=O) groups excluding carboxylic acids is 2. The average Bonchev–Trinajstić information content (AvgIpc) is 3.40. The van der Waals surface area contributed by atoms with E-state index in [1.807, 2.05) is 52.6 Å². The molecule has 2 aliphatic heterocycles. The molecule has 0 unspecified atom stereocenters. The lowest BCUT2D eigenvalue weighted by atomic mass is 9.98. The summed E-state index contributed by atoms with van der Waals surface area (Å²) in [5.41, 5.74) is 2.11. The number of nitrogens with zero attached hydrogens (tertiary/aromatic N) is 5. The molecule has 1 N–H and O–H groups in total. The Bertz CT molecular complexity index is 1290. The minimum Gasteiger partial charge on any atom is -0.478 e. The minimum absolute atomic E-state index is 0.0169. The van der Waals surface area contributed by atoms with Crippen LogP contribution in [0, 0.1) is 0 Å². The van der Waals surface area contributed by atoms with Gasteiger partial charge in [0.1, 0.15) is 0 Å². The summed E-state index contributed by atoms with van der Waals surface area (Å²) in [6.45, 7) is 4.54. The molecule has 5 rings (SSSR count). The van der Waals surface area contributed by atoms with Gasteiger partial charge in [0.05, 0.1) is 34.7 Å². The van der Waals surface area contributed by atoms with Crippen molar-refractivity contribution in [3.63, 3.8) is 0 Å². The van der Waals surface area contributed by atoms with Crippen LogP contribution in [-0.4, -0.2) is 107 Å². The molecule has 0 aliphatic carbocycles. The topological polar surface area (TPSA) is 97.3 Å². The number of rotatable bonds is 6. The Morgan fingerprint density at radius 2 is 1.81 bits per heavy atom. The molecule has 4 heterocycles. The van der Waals surface area contributed by atoms with Crippen LogP contribution in [0.2, 0.25) is 0 Å². The lowest BCUT2D eigenvalue weighted by Crippen LogP contribution is -2.55. The molecule has 1 aromatic carbocycles. The molecule has 2 aromatic heterocycles. The first-order chi connectivity index (χ1) is 17.4. The second-order valence-electron chi connectivity index (χ2n) is 9.32. The molecule has 36 heavy (non-hydrogen) atoms. The van der Waals surface area contributed by atoms with E-state index in [9.17, 15) is 19.5 Å². The van der Waals surface area contributed by atoms with Gasteiger partial charge < -0.3 is 19.8 Å². The number of aromatic nitrogens is 1. The Morgan fingerprint density at radius 3 is 2.50 bits per heavy atom. The van der Waals surface area contributed by atoms with Crippen LogP contribution in [0.15, 0.2) is 41.8 Å². The Balaban J connectivity index is 1.36. The third-order valence-electron chi connectivity index (χ3n) is 6.92.